The number of carbonyl (C=O) groups excluding carboxylic acids is 1. The monoisotopic (exact) mass is 409 g/mol. The third-order valence-electron chi connectivity index (χ3n) is 4.89. The lowest BCUT2D eigenvalue weighted by molar-refractivity contribution is -0.918. The molecule has 1 amide bonds. The van der Waals surface area contributed by atoms with Gasteiger partial charge in [0.1, 0.15) is 6.54 Å². The topological polar surface area (TPSA) is 33.5 Å². The quantitative estimate of drug-likeness (QED) is 0.719. The third-order valence-corrected chi connectivity index (χ3v) is 5.88. The molecule has 0 spiro atoms. The molecule has 1 heterocycles. The lowest BCUT2D eigenvalue weighted by Crippen LogP contribution is -3.12. The lowest BCUT2D eigenvalue weighted by Gasteiger charge is -2.29. The minimum atomic E-state index is -4.37. The Balaban J connectivity index is 1.40. The molecule has 0 saturated carbocycles. The van der Waals surface area contributed by atoms with E-state index in [0.29, 0.717) is 4.90 Å². The predicted octanol–water partition coefficient (Wildman–Crippen LogP) is 3.16. The molecular weight excluding hydrogens is 385 g/mol. The SMILES string of the molecule is O=C(CSc1cccc(C(F)(F)F)c1)NC1CC[NH+](Cc2ccccc2)CC1. The fourth-order valence-corrected chi connectivity index (χ4v) is 4.18. The summed E-state index contributed by atoms with van der Waals surface area (Å²) in [6.07, 6.45) is -2.53. The number of benzene rings is 2. The van der Waals surface area contributed by atoms with Crippen molar-refractivity contribution >= 4 is 17.7 Å². The molecule has 3 rings (SSSR count). The van der Waals surface area contributed by atoms with Crippen molar-refractivity contribution < 1.29 is 22.9 Å². The largest absolute Gasteiger partial charge is 0.416 e. The number of likely N-dealkylation sites (tertiary alicyclic amines) is 1. The van der Waals surface area contributed by atoms with Crippen LogP contribution in [0.5, 0.6) is 0 Å². The molecule has 150 valence electrons. The van der Waals surface area contributed by atoms with Gasteiger partial charge in [-0.2, -0.15) is 13.2 Å². The Morgan fingerprint density at radius 2 is 1.79 bits per heavy atom. The van der Waals surface area contributed by atoms with Crippen molar-refractivity contribution in [3.8, 4) is 0 Å². The van der Waals surface area contributed by atoms with E-state index in [1.54, 1.807) is 6.07 Å². The molecule has 2 N–H and O–H groups in total. The first-order valence-corrected chi connectivity index (χ1v) is 10.4. The summed E-state index contributed by atoms with van der Waals surface area (Å²) in [7, 11) is 0. The van der Waals surface area contributed by atoms with E-state index in [2.05, 4.69) is 17.4 Å². The van der Waals surface area contributed by atoms with Crippen LogP contribution in [-0.2, 0) is 17.5 Å². The van der Waals surface area contributed by atoms with Gasteiger partial charge < -0.3 is 10.2 Å². The van der Waals surface area contributed by atoms with Gasteiger partial charge >= 0.3 is 6.18 Å². The fraction of sp³-hybridized carbons (Fsp3) is 0.381. The third kappa shape index (κ3) is 6.27. The summed E-state index contributed by atoms with van der Waals surface area (Å²) in [4.78, 5) is 14.1. The van der Waals surface area contributed by atoms with Crippen molar-refractivity contribution in [1.29, 1.82) is 0 Å². The van der Waals surface area contributed by atoms with Crippen LogP contribution in [0.15, 0.2) is 59.5 Å². The van der Waals surface area contributed by atoms with Crippen LogP contribution < -0.4 is 10.2 Å². The zero-order valence-corrected chi connectivity index (χ0v) is 16.3. The number of quaternary nitrogens is 1. The molecule has 1 saturated heterocycles. The molecule has 28 heavy (non-hydrogen) atoms. The zero-order chi connectivity index (χ0) is 20.0. The molecular formula is C21H24F3N2OS+. The average molecular weight is 409 g/mol. The van der Waals surface area contributed by atoms with Crippen molar-refractivity contribution in [2.24, 2.45) is 0 Å². The second kappa shape index (κ2) is 9.47. The van der Waals surface area contributed by atoms with Gasteiger partial charge in [0, 0.05) is 29.3 Å². The van der Waals surface area contributed by atoms with Gasteiger partial charge in [-0.1, -0.05) is 36.4 Å². The molecule has 2 aromatic rings. The molecule has 0 radical (unpaired) electrons. The van der Waals surface area contributed by atoms with Crippen LogP contribution in [-0.4, -0.2) is 30.8 Å². The molecule has 0 atom stereocenters. The summed E-state index contributed by atoms with van der Waals surface area (Å²) in [6, 6.07) is 15.6. The molecule has 7 heteroatoms. The molecule has 1 aliphatic rings. The highest BCUT2D eigenvalue weighted by Gasteiger charge is 2.30. The number of piperidine rings is 1. The van der Waals surface area contributed by atoms with E-state index < -0.39 is 11.7 Å². The Kier molecular flexibility index (Phi) is 7.02. The summed E-state index contributed by atoms with van der Waals surface area (Å²) < 4.78 is 38.3. The standard InChI is InChI=1S/C21H23F3N2OS/c22-21(23,24)17-7-4-8-19(13-17)28-15-20(27)25-18-9-11-26(12-10-18)14-16-5-2-1-3-6-16/h1-8,13,18H,9-12,14-15H2,(H,25,27)/p+1. The van der Waals surface area contributed by atoms with Gasteiger partial charge in [0.15, 0.2) is 0 Å². The number of amides is 1. The van der Waals surface area contributed by atoms with E-state index in [1.165, 1.54) is 16.5 Å². The fourth-order valence-electron chi connectivity index (χ4n) is 3.41. The predicted molar refractivity (Wildman–Crippen MR) is 104 cm³/mol. The Hall–Kier alpha value is -1.99. The first kappa shape index (κ1) is 20.7. The summed E-state index contributed by atoms with van der Waals surface area (Å²) in [6.45, 7) is 2.99. The van der Waals surface area contributed by atoms with Gasteiger partial charge in [-0.25, -0.2) is 0 Å². The van der Waals surface area contributed by atoms with Crippen molar-refractivity contribution in [2.45, 2.75) is 36.5 Å². The molecule has 0 unspecified atom stereocenters. The first-order chi connectivity index (χ1) is 13.4. The summed E-state index contributed by atoms with van der Waals surface area (Å²) in [5, 5.41) is 3.02. The maximum Gasteiger partial charge on any atom is 0.416 e. The van der Waals surface area contributed by atoms with E-state index in [0.717, 1.165) is 56.4 Å². The van der Waals surface area contributed by atoms with Crippen LogP contribution in [0, 0.1) is 0 Å². The molecule has 3 nitrogen and oxygen atoms in total. The van der Waals surface area contributed by atoms with Gasteiger partial charge in [0.2, 0.25) is 5.91 Å². The van der Waals surface area contributed by atoms with Gasteiger partial charge in [0.05, 0.1) is 24.4 Å². The Labute approximate surface area is 167 Å². The number of thioether (sulfide) groups is 1. The number of alkyl halides is 3. The molecule has 2 aromatic carbocycles. The maximum atomic E-state index is 12.8. The number of carbonyl (C=O) groups is 1. The van der Waals surface area contributed by atoms with Crippen molar-refractivity contribution in [1.82, 2.24) is 5.32 Å². The Morgan fingerprint density at radius 3 is 2.46 bits per heavy atom. The first-order valence-electron chi connectivity index (χ1n) is 9.37. The van der Waals surface area contributed by atoms with Crippen LogP contribution in [0.1, 0.15) is 24.0 Å². The molecule has 0 aromatic heterocycles. The number of hydrogen-bond donors (Lipinski definition) is 2. The average Bonchev–Trinajstić information content (AvgIpc) is 2.68. The van der Waals surface area contributed by atoms with Crippen LogP contribution >= 0.6 is 11.8 Å². The van der Waals surface area contributed by atoms with Gasteiger partial charge in [-0.05, 0) is 18.2 Å². The zero-order valence-electron chi connectivity index (χ0n) is 15.5. The molecule has 0 aliphatic carbocycles. The van der Waals surface area contributed by atoms with E-state index in [1.807, 2.05) is 18.2 Å². The minimum Gasteiger partial charge on any atom is -0.352 e. The van der Waals surface area contributed by atoms with Gasteiger partial charge in [-0.3, -0.25) is 4.79 Å². The highest BCUT2D eigenvalue weighted by Crippen LogP contribution is 2.31. The summed E-state index contributed by atoms with van der Waals surface area (Å²) in [5.41, 5.74) is 0.629. The molecule has 0 bridgehead atoms. The molecule has 1 aliphatic heterocycles. The van der Waals surface area contributed by atoms with E-state index >= 15 is 0 Å². The van der Waals surface area contributed by atoms with Crippen molar-refractivity contribution in [3.63, 3.8) is 0 Å². The van der Waals surface area contributed by atoms with Gasteiger partial charge in [0.25, 0.3) is 0 Å². The van der Waals surface area contributed by atoms with E-state index in [-0.39, 0.29) is 17.7 Å². The van der Waals surface area contributed by atoms with Crippen molar-refractivity contribution in [3.05, 3.63) is 65.7 Å². The number of nitrogens with one attached hydrogen (secondary N) is 2. The normalized spacial score (nSPS) is 20.0. The molecule has 1 fully saturated rings. The van der Waals surface area contributed by atoms with Crippen LogP contribution in [0.3, 0.4) is 0 Å². The highest BCUT2D eigenvalue weighted by atomic mass is 32.2. The number of halogens is 3. The Morgan fingerprint density at radius 1 is 1.07 bits per heavy atom. The second-order valence-electron chi connectivity index (χ2n) is 7.07. The van der Waals surface area contributed by atoms with Crippen LogP contribution in [0.4, 0.5) is 13.2 Å². The smallest absolute Gasteiger partial charge is 0.352 e. The number of hydrogen-bond acceptors (Lipinski definition) is 2. The van der Waals surface area contributed by atoms with Crippen molar-refractivity contribution in [2.75, 3.05) is 18.8 Å². The van der Waals surface area contributed by atoms with E-state index in [9.17, 15) is 18.0 Å². The lowest BCUT2D eigenvalue weighted by atomic mass is 10.0. The maximum absolute atomic E-state index is 12.8. The summed E-state index contributed by atoms with van der Waals surface area (Å²) >= 11 is 1.13. The van der Waals surface area contributed by atoms with Crippen LogP contribution in [0.25, 0.3) is 0 Å². The van der Waals surface area contributed by atoms with Gasteiger partial charge in [-0.15, -0.1) is 11.8 Å². The second-order valence-corrected chi connectivity index (χ2v) is 8.12. The summed E-state index contributed by atoms with van der Waals surface area (Å²) in [5.74, 6) is -0.00259. The Bertz CT molecular complexity index is 775. The number of rotatable bonds is 6. The van der Waals surface area contributed by atoms with E-state index in [4.69, 9.17) is 0 Å². The minimum absolute atomic E-state index is 0.123. The highest BCUT2D eigenvalue weighted by molar-refractivity contribution is 8.00. The van der Waals surface area contributed by atoms with Crippen LogP contribution in [0.2, 0.25) is 0 Å².